The van der Waals surface area contributed by atoms with Crippen LogP contribution in [0.25, 0.3) is 0 Å². The van der Waals surface area contributed by atoms with Gasteiger partial charge in [-0.05, 0) is 19.3 Å². The minimum absolute atomic E-state index is 0.659. The van der Waals surface area contributed by atoms with Gasteiger partial charge in [-0.25, -0.2) is 4.68 Å². The first-order valence-electron chi connectivity index (χ1n) is 4.93. The Morgan fingerprint density at radius 1 is 1.62 bits per heavy atom. The number of nitrogen functional groups attached to an aromatic ring is 1. The fourth-order valence-corrected chi connectivity index (χ4v) is 1.59. The van der Waals surface area contributed by atoms with Crippen LogP contribution in [0.4, 0.5) is 5.82 Å². The van der Waals surface area contributed by atoms with Crippen LogP contribution < -0.4 is 5.73 Å². The van der Waals surface area contributed by atoms with Gasteiger partial charge in [0.1, 0.15) is 5.82 Å². The molecule has 1 aromatic heterocycles. The molecule has 0 saturated heterocycles. The summed E-state index contributed by atoms with van der Waals surface area (Å²) in [6, 6.07) is 1.92. The van der Waals surface area contributed by atoms with Gasteiger partial charge in [0.15, 0.2) is 0 Å². The third-order valence-corrected chi connectivity index (χ3v) is 2.20. The van der Waals surface area contributed by atoms with Crippen molar-refractivity contribution in [2.45, 2.75) is 40.2 Å². The molecule has 0 bridgehead atoms. The fourth-order valence-electron chi connectivity index (χ4n) is 1.59. The molecule has 0 radical (unpaired) electrons. The van der Waals surface area contributed by atoms with Crippen LogP contribution in [-0.4, -0.2) is 9.78 Å². The largest absolute Gasteiger partial charge is 0.384 e. The second-order valence-electron chi connectivity index (χ2n) is 3.79. The number of hydrogen-bond acceptors (Lipinski definition) is 2. The lowest BCUT2D eigenvalue weighted by Gasteiger charge is -2.10. The highest BCUT2D eigenvalue weighted by molar-refractivity contribution is 5.30. The SMILES string of the molecule is CCCC(C)Cn1nc(C)cc1N. The molecule has 13 heavy (non-hydrogen) atoms. The molecule has 0 aliphatic heterocycles. The van der Waals surface area contributed by atoms with Crippen molar-refractivity contribution in [3.8, 4) is 0 Å². The number of aryl methyl sites for hydroxylation is 1. The predicted octanol–water partition coefficient (Wildman–Crippen LogP) is 2.21. The van der Waals surface area contributed by atoms with E-state index in [9.17, 15) is 0 Å². The van der Waals surface area contributed by atoms with E-state index in [4.69, 9.17) is 5.73 Å². The van der Waals surface area contributed by atoms with E-state index in [-0.39, 0.29) is 0 Å². The molecular weight excluding hydrogens is 162 g/mol. The van der Waals surface area contributed by atoms with Crippen molar-refractivity contribution >= 4 is 5.82 Å². The molecule has 2 N–H and O–H groups in total. The zero-order chi connectivity index (χ0) is 9.84. The van der Waals surface area contributed by atoms with Crippen molar-refractivity contribution in [3.05, 3.63) is 11.8 Å². The molecule has 1 rings (SSSR count). The van der Waals surface area contributed by atoms with Crippen LogP contribution >= 0.6 is 0 Å². The Labute approximate surface area is 79.9 Å². The van der Waals surface area contributed by atoms with Crippen LogP contribution in [0, 0.1) is 12.8 Å². The molecule has 0 amide bonds. The van der Waals surface area contributed by atoms with Crippen LogP contribution in [0.3, 0.4) is 0 Å². The van der Waals surface area contributed by atoms with Gasteiger partial charge in [-0.1, -0.05) is 20.3 Å². The van der Waals surface area contributed by atoms with Crippen molar-refractivity contribution in [2.24, 2.45) is 5.92 Å². The van der Waals surface area contributed by atoms with Gasteiger partial charge >= 0.3 is 0 Å². The summed E-state index contributed by atoms with van der Waals surface area (Å²) in [6.45, 7) is 7.35. The molecule has 1 aromatic rings. The minimum atomic E-state index is 0.659. The number of aromatic nitrogens is 2. The molecule has 0 saturated carbocycles. The molecule has 0 aliphatic carbocycles. The van der Waals surface area contributed by atoms with Gasteiger partial charge in [0.2, 0.25) is 0 Å². The van der Waals surface area contributed by atoms with Gasteiger partial charge in [-0.15, -0.1) is 0 Å². The molecule has 1 heterocycles. The first-order valence-corrected chi connectivity index (χ1v) is 4.93. The quantitative estimate of drug-likeness (QED) is 0.774. The van der Waals surface area contributed by atoms with Crippen molar-refractivity contribution in [1.29, 1.82) is 0 Å². The van der Waals surface area contributed by atoms with Crippen molar-refractivity contribution < 1.29 is 0 Å². The van der Waals surface area contributed by atoms with Gasteiger partial charge in [-0.3, -0.25) is 0 Å². The Morgan fingerprint density at radius 2 is 2.31 bits per heavy atom. The van der Waals surface area contributed by atoms with Crippen LogP contribution in [-0.2, 0) is 6.54 Å². The lowest BCUT2D eigenvalue weighted by atomic mass is 10.1. The summed E-state index contributed by atoms with van der Waals surface area (Å²) in [5.41, 5.74) is 6.79. The van der Waals surface area contributed by atoms with Crippen LogP contribution in [0.5, 0.6) is 0 Å². The zero-order valence-corrected chi connectivity index (χ0v) is 8.75. The van der Waals surface area contributed by atoms with Gasteiger partial charge < -0.3 is 5.73 Å². The zero-order valence-electron chi connectivity index (χ0n) is 8.75. The van der Waals surface area contributed by atoms with Gasteiger partial charge in [0.05, 0.1) is 5.69 Å². The summed E-state index contributed by atoms with van der Waals surface area (Å²) < 4.78 is 1.90. The predicted molar refractivity (Wildman–Crippen MR) is 55.4 cm³/mol. The summed E-state index contributed by atoms with van der Waals surface area (Å²) in [7, 11) is 0. The van der Waals surface area contributed by atoms with E-state index in [1.807, 2.05) is 17.7 Å². The highest BCUT2D eigenvalue weighted by Gasteiger charge is 2.06. The summed E-state index contributed by atoms with van der Waals surface area (Å²) in [4.78, 5) is 0. The molecule has 0 fully saturated rings. The number of anilines is 1. The molecular formula is C10H19N3. The monoisotopic (exact) mass is 181 g/mol. The van der Waals surface area contributed by atoms with Crippen molar-refractivity contribution in [2.75, 3.05) is 5.73 Å². The van der Waals surface area contributed by atoms with E-state index in [0.29, 0.717) is 5.92 Å². The second-order valence-corrected chi connectivity index (χ2v) is 3.79. The molecule has 3 nitrogen and oxygen atoms in total. The van der Waals surface area contributed by atoms with E-state index < -0.39 is 0 Å². The average Bonchev–Trinajstić information content (AvgIpc) is 2.30. The highest BCUT2D eigenvalue weighted by Crippen LogP contribution is 2.12. The van der Waals surface area contributed by atoms with E-state index in [1.54, 1.807) is 0 Å². The maximum atomic E-state index is 5.79. The third-order valence-electron chi connectivity index (χ3n) is 2.20. The minimum Gasteiger partial charge on any atom is -0.384 e. The molecule has 3 heteroatoms. The van der Waals surface area contributed by atoms with Crippen LogP contribution in [0.1, 0.15) is 32.4 Å². The van der Waals surface area contributed by atoms with E-state index in [2.05, 4.69) is 18.9 Å². The molecule has 0 spiro atoms. The molecule has 0 aliphatic rings. The smallest absolute Gasteiger partial charge is 0.121 e. The summed E-state index contributed by atoms with van der Waals surface area (Å²) in [5.74, 6) is 1.44. The Balaban J connectivity index is 2.57. The molecule has 0 aromatic carbocycles. The highest BCUT2D eigenvalue weighted by atomic mass is 15.3. The first kappa shape index (κ1) is 10.1. The van der Waals surface area contributed by atoms with Gasteiger partial charge in [0.25, 0.3) is 0 Å². The molecule has 1 unspecified atom stereocenters. The Morgan fingerprint density at radius 3 is 2.77 bits per heavy atom. The maximum Gasteiger partial charge on any atom is 0.121 e. The number of hydrogen-bond donors (Lipinski definition) is 1. The van der Waals surface area contributed by atoms with Crippen molar-refractivity contribution in [1.82, 2.24) is 9.78 Å². The van der Waals surface area contributed by atoms with E-state index >= 15 is 0 Å². The lowest BCUT2D eigenvalue weighted by Crippen LogP contribution is -2.11. The first-order chi connectivity index (χ1) is 6.13. The van der Waals surface area contributed by atoms with Gasteiger partial charge in [0, 0.05) is 12.6 Å². The summed E-state index contributed by atoms with van der Waals surface area (Å²) in [5, 5.41) is 4.32. The normalized spacial score (nSPS) is 13.2. The van der Waals surface area contributed by atoms with Crippen LogP contribution in [0.2, 0.25) is 0 Å². The van der Waals surface area contributed by atoms with Crippen LogP contribution in [0.15, 0.2) is 6.07 Å². The van der Waals surface area contributed by atoms with E-state index in [0.717, 1.165) is 18.1 Å². The third kappa shape index (κ3) is 2.76. The number of nitrogens with zero attached hydrogens (tertiary/aromatic N) is 2. The number of nitrogens with two attached hydrogens (primary N) is 1. The topological polar surface area (TPSA) is 43.8 Å². The summed E-state index contributed by atoms with van der Waals surface area (Å²) in [6.07, 6.45) is 2.46. The number of rotatable bonds is 4. The summed E-state index contributed by atoms with van der Waals surface area (Å²) >= 11 is 0. The Bertz CT molecular complexity index is 265. The molecule has 1 atom stereocenters. The Kier molecular flexibility index (Phi) is 3.34. The average molecular weight is 181 g/mol. The Hall–Kier alpha value is -0.990. The standard InChI is InChI=1S/C10H19N3/c1-4-5-8(2)7-13-10(11)6-9(3)12-13/h6,8H,4-5,7,11H2,1-3H3. The van der Waals surface area contributed by atoms with E-state index in [1.165, 1.54) is 12.8 Å². The lowest BCUT2D eigenvalue weighted by molar-refractivity contribution is 0.423. The fraction of sp³-hybridized carbons (Fsp3) is 0.700. The molecule has 74 valence electrons. The second kappa shape index (κ2) is 4.30. The van der Waals surface area contributed by atoms with Gasteiger partial charge in [-0.2, -0.15) is 5.10 Å². The maximum absolute atomic E-state index is 5.79. The van der Waals surface area contributed by atoms with Crippen molar-refractivity contribution in [3.63, 3.8) is 0 Å².